The average molecular weight is 199 g/mol. The molecule has 4 nitrogen and oxygen atoms in total. The Balaban J connectivity index is 3.63. The molecule has 0 rings (SSSR count). The Hall–Kier alpha value is -1.32. The maximum atomic E-state index is 11.1. The zero-order valence-electron chi connectivity index (χ0n) is 8.76. The van der Waals surface area contributed by atoms with E-state index in [0.717, 1.165) is 19.3 Å². The van der Waals surface area contributed by atoms with Crippen LogP contribution in [0.2, 0.25) is 0 Å². The fourth-order valence-electron chi connectivity index (χ4n) is 0.843. The van der Waals surface area contributed by atoms with Crippen molar-refractivity contribution in [2.75, 3.05) is 6.61 Å². The summed E-state index contributed by atoms with van der Waals surface area (Å²) in [6.45, 7) is 7.24. The summed E-state index contributed by atoms with van der Waals surface area (Å²) in [6, 6.07) is 0. The quantitative estimate of drug-likeness (QED) is 0.399. The maximum Gasteiger partial charge on any atom is 0.292 e. The number of hydrogen-bond acceptors (Lipinski definition) is 3. The minimum Gasteiger partial charge on any atom is -0.488 e. The zero-order valence-corrected chi connectivity index (χ0v) is 8.76. The van der Waals surface area contributed by atoms with Crippen LogP contribution in [0.15, 0.2) is 12.3 Å². The molecule has 0 aliphatic carbocycles. The van der Waals surface area contributed by atoms with Crippen molar-refractivity contribution in [1.82, 2.24) is 5.32 Å². The van der Waals surface area contributed by atoms with E-state index in [2.05, 4.69) is 18.8 Å². The summed E-state index contributed by atoms with van der Waals surface area (Å²) >= 11 is 0. The lowest BCUT2D eigenvalue weighted by molar-refractivity contribution is -0.129. The summed E-state index contributed by atoms with van der Waals surface area (Å²) in [6.07, 6.45) is 3.04. The Morgan fingerprint density at radius 2 is 2.00 bits per heavy atom. The van der Waals surface area contributed by atoms with Gasteiger partial charge in [-0.1, -0.05) is 26.3 Å². The summed E-state index contributed by atoms with van der Waals surface area (Å²) in [5.74, 6) is -0.974. The summed E-state index contributed by atoms with van der Waals surface area (Å²) < 4.78 is 5.05. The standard InChI is InChI=1S/C10H17NO3/c1-4-5-6-7-14-8(2)10(13)11-9(3)12/h2,4-7H2,1,3H3,(H,11,12,13). The molecule has 0 spiro atoms. The molecule has 1 N–H and O–H groups in total. The molecule has 0 radical (unpaired) electrons. The molecule has 80 valence electrons. The molecular weight excluding hydrogens is 182 g/mol. The van der Waals surface area contributed by atoms with Gasteiger partial charge in [0, 0.05) is 6.92 Å². The molecule has 4 heteroatoms. The van der Waals surface area contributed by atoms with Crippen molar-refractivity contribution in [2.45, 2.75) is 33.1 Å². The van der Waals surface area contributed by atoms with Crippen molar-refractivity contribution < 1.29 is 14.3 Å². The highest BCUT2D eigenvalue weighted by molar-refractivity contribution is 6.01. The molecule has 0 aromatic heterocycles. The summed E-state index contributed by atoms with van der Waals surface area (Å²) in [5, 5.41) is 2.08. The van der Waals surface area contributed by atoms with Gasteiger partial charge in [-0.15, -0.1) is 0 Å². The maximum absolute atomic E-state index is 11.1. The molecule has 0 aromatic rings. The third kappa shape index (κ3) is 6.22. The van der Waals surface area contributed by atoms with Crippen LogP contribution in [0.4, 0.5) is 0 Å². The lowest BCUT2D eigenvalue weighted by atomic mass is 10.3. The lowest BCUT2D eigenvalue weighted by Gasteiger charge is -2.07. The number of hydrogen-bond donors (Lipinski definition) is 1. The predicted molar refractivity (Wildman–Crippen MR) is 53.4 cm³/mol. The minimum absolute atomic E-state index is 0.00342. The average Bonchev–Trinajstić information content (AvgIpc) is 2.11. The van der Waals surface area contributed by atoms with Crippen LogP contribution < -0.4 is 5.32 Å². The Labute approximate surface area is 84.3 Å². The summed E-state index contributed by atoms with van der Waals surface area (Å²) in [5.41, 5.74) is 0. The van der Waals surface area contributed by atoms with Gasteiger partial charge in [-0.05, 0) is 6.42 Å². The van der Waals surface area contributed by atoms with Crippen molar-refractivity contribution in [2.24, 2.45) is 0 Å². The van der Waals surface area contributed by atoms with Crippen LogP contribution in [0.25, 0.3) is 0 Å². The van der Waals surface area contributed by atoms with Crippen molar-refractivity contribution in [3.05, 3.63) is 12.3 Å². The fraction of sp³-hybridized carbons (Fsp3) is 0.600. The Morgan fingerprint density at radius 3 is 2.50 bits per heavy atom. The summed E-state index contributed by atoms with van der Waals surface area (Å²) in [7, 11) is 0. The molecule has 0 heterocycles. The topological polar surface area (TPSA) is 55.4 Å². The van der Waals surface area contributed by atoms with Gasteiger partial charge >= 0.3 is 0 Å². The van der Waals surface area contributed by atoms with Crippen molar-refractivity contribution in [3.8, 4) is 0 Å². The third-order valence-corrected chi connectivity index (χ3v) is 1.57. The number of amides is 2. The highest BCUT2D eigenvalue weighted by atomic mass is 16.5. The van der Waals surface area contributed by atoms with Crippen LogP contribution in [-0.2, 0) is 14.3 Å². The fourth-order valence-corrected chi connectivity index (χ4v) is 0.843. The van der Waals surface area contributed by atoms with E-state index in [1.54, 1.807) is 0 Å². The van der Waals surface area contributed by atoms with Crippen LogP contribution in [0, 0.1) is 0 Å². The molecule has 0 saturated heterocycles. The van der Waals surface area contributed by atoms with Gasteiger partial charge in [0.15, 0.2) is 5.76 Å². The molecule has 0 atom stereocenters. The van der Waals surface area contributed by atoms with Gasteiger partial charge in [0.2, 0.25) is 5.91 Å². The number of carbonyl (C=O) groups excluding carboxylic acids is 2. The van der Waals surface area contributed by atoms with Crippen LogP contribution in [0.5, 0.6) is 0 Å². The monoisotopic (exact) mass is 199 g/mol. The van der Waals surface area contributed by atoms with Crippen molar-refractivity contribution in [1.29, 1.82) is 0 Å². The normalized spacial score (nSPS) is 9.29. The Morgan fingerprint density at radius 1 is 1.36 bits per heavy atom. The zero-order chi connectivity index (χ0) is 11.0. The highest BCUT2D eigenvalue weighted by Gasteiger charge is 2.08. The molecule has 0 aliphatic rings. The predicted octanol–water partition coefficient (Wildman–Crippen LogP) is 1.37. The van der Waals surface area contributed by atoms with Gasteiger partial charge in [0.25, 0.3) is 5.91 Å². The molecular formula is C10H17NO3. The number of nitrogens with one attached hydrogen (secondary N) is 1. The first-order chi connectivity index (χ1) is 6.57. The first kappa shape index (κ1) is 12.7. The van der Waals surface area contributed by atoms with Gasteiger partial charge in [0.1, 0.15) is 0 Å². The van der Waals surface area contributed by atoms with Gasteiger partial charge < -0.3 is 4.74 Å². The number of carbonyl (C=O) groups is 2. The second-order valence-electron chi connectivity index (χ2n) is 2.99. The number of ether oxygens (including phenoxy) is 1. The first-order valence-corrected chi connectivity index (χ1v) is 4.71. The van der Waals surface area contributed by atoms with E-state index in [0.29, 0.717) is 6.61 Å². The molecule has 0 saturated carbocycles. The molecule has 0 aliphatic heterocycles. The molecule has 0 unspecified atom stereocenters. The van der Waals surface area contributed by atoms with Crippen molar-refractivity contribution in [3.63, 3.8) is 0 Å². The van der Waals surface area contributed by atoms with Crippen LogP contribution in [0.1, 0.15) is 33.1 Å². The van der Waals surface area contributed by atoms with Gasteiger partial charge in [0.05, 0.1) is 6.61 Å². The Kier molecular flexibility index (Phi) is 6.45. The van der Waals surface area contributed by atoms with E-state index in [4.69, 9.17) is 4.74 Å². The molecule has 14 heavy (non-hydrogen) atoms. The number of unbranched alkanes of at least 4 members (excludes halogenated alkanes) is 2. The largest absolute Gasteiger partial charge is 0.488 e. The van der Waals surface area contributed by atoms with Crippen LogP contribution in [-0.4, -0.2) is 18.4 Å². The van der Waals surface area contributed by atoms with E-state index in [-0.39, 0.29) is 5.76 Å². The number of rotatable bonds is 6. The molecule has 0 aromatic carbocycles. The van der Waals surface area contributed by atoms with Crippen LogP contribution in [0.3, 0.4) is 0 Å². The van der Waals surface area contributed by atoms with Crippen LogP contribution >= 0.6 is 0 Å². The smallest absolute Gasteiger partial charge is 0.292 e. The second-order valence-corrected chi connectivity index (χ2v) is 2.99. The van der Waals surface area contributed by atoms with Gasteiger partial charge in [-0.25, -0.2) is 0 Å². The highest BCUT2D eigenvalue weighted by Crippen LogP contribution is 1.99. The summed E-state index contributed by atoms with van der Waals surface area (Å²) in [4.78, 5) is 21.6. The molecule has 0 bridgehead atoms. The molecule has 0 fully saturated rings. The number of imide groups is 1. The third-order valence-electron chi connectivity index (χ3n) is 1.57. The van der Waals surface area contributed by atoms with E-state index in [9.17, 15) is 9.59 Å². The van der Waals surface area contributed by atoms with Gasteiger partial charge in [-0.3, -0.25) is 14.9 Å². The van der Waals surface area contributed by atoms with Gasteiger partial charge in [-0.2, -0.15) is 0 Å². The minimum atomic E-state index is -0.561. The van der Waals surface area contributed by atoms with E-state index >= 15 is 0 Å². The van der Waals surface area contributed by atoms with E-state index in [1.807, 2.05) is 0 Å². The van der Waals surface area contributed by atoms with E-state index in [1.165, 1.54) is 6.92 Å². The first-order valence-electron chi connectivity index (χ1n) is 4.71. The lowest BCUT2D eigenvalue weighted by Crippen LogP contribution is -2.29. The SMILES string of the molecule is C=C(OCCCCC)C(=O)NC(C)=O. The van der Waals surface area contributed by atoms with Crippen molar-refractivity contribution >= 4 is 11.8 Å². The second kappa shape index (κ2) is 7.12. The Bertz CT molecular complexity index is 223. The molecule has 2 amide bonds. The van der Waals surface area contributed by atoms with E-state index < -0.39 is 11.8 Å².